The molecule has 0 radical (unpaired) electrons. The number of rotatable bonds is 4. The quantitative estimate of drug-likeness (QED) is 0.597. The maximum Gasteiger partial charge on any atom is 0.193 e. The molecule has 1 aromatic carbocycles. The third-order valence-electron chi connectivity index (χ3n) is 3.48. The molecule has 3 heteroatoms. The van der Waals surface area contributed by atoms with Gasteiger partial charge in [0.25, 0.3) is 0 Å². The van der Waals surface area contributed by atoms with E-state index < -0.39 is 14.4 Å². The number of hydrogen-bond donors (Lipinski definition) is 0. The van der Waals surface area contributed by atoms with E-state index in [1.54, 1.807) is 0 Å². The Labute approximate surface area is 105 Å². The monoisotopic (exact) mass is 250 g/mol. The number of hydrogen-bond acceptors (Lipinski definition) is 2. The zero-order valence-corrected chi connectivity index (χ0v) is 12.4. The summed E-state index contributed by atoms with van der Waals surface area (Å²) >= 11 is 0. The summed E-state index contributed by atoms with van der Waals surface area (Å²) in [6.07, 6.45) is 0.465. The summed E-state index contributed by atoms with van der Waals surface area (Å²) < 4.78 is 6.11. The molecule has 2 nitrogen and oxygen atoms in total. The number of aldehydes is 1. The fourth-order valence-corrected chi connectivity index (χ4v) is 2.49. The van der Waals surface area contributed by atoms with E-state index in [0.29, 0.717) is 0 Å². The Morgan fingerprint density at radius 2 is 1.71 bits per heavy atom. The molecule has 1 atom stereocenters. The van der Waals surface area contributed by atoms with Crippen molar-refractivity contribution in [1.82, 2.24) is 0 Å². The molecule has 0 aromatic heterocycles. The van der Waals surface area contributed by atoms with Crippen LogP contribution in [-0.2, 0) is 9.22 Å². The topological polar surface area (TPSA) is 26.3 Å². The summed E-state index contributed by atoms with van der Waals surface area (Å²) in [5, 5.41) is 0.114. The standard InChI is InChI=1S/C14H22O2Si/c1-14(2,3)17(4,5)16-13(11-15)12-9-7-6-8-10-12/h6-11,13H,1-5H3/t13-/m0/s1. The zero-order valence-electron chi connectivity index (χ0n) is 11.4. The van der Waals surface area contributed by atoms with E-state index in [0.717, 1.165) is 11.8 Å². The predicted molar refractivity (Wildman–Crippen MR) is 73.5 cm³/mol. The van der Waals surface area contributed by atoms with Gasteiger partial charge in [-0.3, -0.25) is 0 Å². The van der Waals surface area contributed by atoms with E-state index in [1.807, 2.05) is 30.3 Å². The van der Waals surface area contributed by atoms with Crippen LogP contribution >= 0.6 is 0 Å². The van der Waals surface area contributed by atoms with Crippen molar-refractivity contribution in [3.63, 3.8) is 0 Å². The van der Waals surface area contributed by atoms with Crippen molar-refractivity contribution >= 4 is 14.6 Å². The average molecular weight is 250 g/mol. The van der Waals surface area contributed by atoms with Gasteiger partial charge in [0.15, 0.2) is 14.6 Å². The van der Waals surface area contributed by atoms with Crippen LogP contribution in [0.5, 0.6) is 0 Å². The molecule has 1 aromatic rings. The van der Waals surface area contributed by atoms with Gasteiger partial charge in [0, 0.05) is 0 Å². The molecule has 0 saturated heterocycles. The normalized spacial score (nSPS) is 14.4. The van der Waals surface area contributed by atoms with Crippen LogP contribution in [0, 0.1) is 0 Å². The molecule has 0 spiro atoms. The third kappa shape index (κ3) is 3.51. The summed E-state index contributed by atoms with van der Waals surface area (Å²) in [5.74, 6) is 0. The molecule has 0 amide bonds. The van der Waals surface area contributed by atoms with Crippen molar-refractivity contribution < 1.29 is 9.22 Å². The molecule has 0 fully saturated rings. The first-order valence-electron chi connectivity index (χ1n) is 5.96. The van der Waals surface area contributed by atoms with E-state index in [2.05, 4.69) is 33.9 Å². The lowest BCUT2D eigenvalue weighted by Crippen LogP contribution is -2.42. The van der Waals surface area contributed by atoms with E-state index in [1.165, 1.54) is 0 Å². The lowest BCUT2D eigenvalue weighted by Gasteiger charge is -2.38. The SMILES string of the molecule is CC(C)(C)[Si](C)(C)O[C@@H](C=O)c1ccccc1. The minimum atomic E-state index is -1.90. The van der Waals surface area contributed by atoms with E-state index in [4.69, 9.17) is 4.43 Å². The summed E-state index contributed by atoms with van der Waals surface area (Å²) in [7, 11) is -1.90. The second-order valence-corrected chi connectivity index (χ2v) is 10.6. The Bertz CT molecular complexity index is 366. The molecule has 0 heterocycles. The van der Waals surface area contributed by atoms with Gasteiger partial charge in [-0.05, 0) is 23.7 Å². The van der Waals surface area contributed by atoms with Crippen LogP contribution < -0.4 is 0 Å². The van der Waals surface area contributed by atoms with Crippen molar-refractivity contribution in [2.75, 3.05) is 0 Å². The molecule has 0 saturated carbocycles. The van der Waals surface area contributed by atoms with Crippen LogP contribution in [0.15, 0.2) is 30.3 Å². The van der Waals surface area contributed by atoms with Crippen molar-refractivity contribution in [2.45, 2.75) is 45.0 Å². The summed E-state index contributed by atoms with van der Waals surface area (Å²) in [6, 6.07) is 9.68. The summed E-state index contributed by atoms with van der Waals surface area (Å²) in [6.45, 7) is 10.8. The second-order valence-electron chi connectivity index (χ2n) is 5.85. The Morgan fingerprint density at radius 3 is 2.12 bits per heavy atom. The van der Waals surface area contributed by atoms with Crippen molar-refractivity contribution in [3.8, 4) is 0 Å². The number of carbonyl (C=O) groups is 1. The molecule has 0 aliphatic heterocycles. The molecule has 94 valence electrons. The highest BCUT2D eigenvalue weighted by atomic mass is 28.4. The highest BCUT2D eigenvalue weighted by Crippen LogP contribution is 2.39. The van der Waals surface area contributed by atoms with Gasteiger partial charge in [-0.2, -0.15) is 0 Å². The van der Waals surface area contributed by atoms with Gasteiger partial charge in [-0.25, -0.2) is 0 Å². The average Bonchev–Trinajstić information content (AvgIpc) is 2.25. The lowest BCUT2D eigenvalue weighted by atomic mass is 10.1. The largest absolute Gasteiger partial charge is 0.403 e. The van der Waals surface area contributed by atoms with Gasteiger partial charge < -0.3 is 9.22 Å². The Hall–Kier alpha value is -0.933. The van der Waals surface area contributed by atoms with E-state index in [-0.39, 0.29) is 5.04 Å². The minimum absolute atomic E-state index is 0.114. The highest BCUT2D eigenvalue weighted by molar-refractivity contribution is 6.74. The van der Waals surface area contributed by atoms with Crippen molar-refractivity contribution in [3.05, 3.63) is 35.9 Å². The predicted octanol–water partition coefficient (Wildman–Crippen LogP) is 3.95. The summed E-state index contributed by atoms with van der Waals surface area (Å²) in [5.41, 5.74) is 0.937. The molecule has 17 heavy (non-hydrogen) atoms. The van der Waals surface area contributed by atoms with Crippen LogP contribution in [0.25, 0.3) is 0 Å². The first-order valence-corrected chi connectivity index (χ1v) is 8.87. The van der Waals surface area contributed by atoms with Crippen molar-refractivity contribution in [1.29, 1.82) is 0 Å². The molecule has 0 N–H and O–H groups in total. The second kappa shape index (κ2) is 5.15. The van der Waals surface area contributed by atoms with Crippen LogP contribution in [0.1, 0.15) is 32.4 Å². The van der Waals surface area contributed by atoms with E-state index >= 15 is 0 Å². The van der Waals surface area contributed by atoms with Gasteiger partial charge in [-0.15, -0.1) is 0 Å². The fraction of sp³-hybridized carbons (Fsp3) is 0.500. The van der Waals surface area contributed by atoms with Crippen molar-refractivity contribution in [2.24, 2.45) is 0 Å². The molecule has 0 aliphatic rings. The van der Waals surface area contributed by atoms with Crippen LogP contribution in [-0.4, -0.2) is 14.6 Å². The Morgan fingerprint density at radius 1 is 1.18 bits per heavy atom. The minimum Gasteiger partial charge on any atom is -0.403 e. The Kier molecular flexibility index (Phi) is 4.28. The van der Waals surface area contributed by atoms with Crippen LogP contribution in [0.4, 0.5) is 0 Å². The Balaban J connectivity index is 2.89. The number of carbonyl (C=O) groups excluding carboxylic acids is 1. The fourth-order valence-electron chi connectivity index (χ4n) is 1.31. The molecular weight excluding hydrogens is 228 g/mol. The highest BCUT2D eigenvalue weighted by Gasteiger charge is 2.39. The third-order valence-corrected chi connectivity index (χ3v) is 7.94. The van der Waals surface area contributed by atoms with Crippen LogP contribution in [0.3, 0.4) is 0 Å². The van der Waals surface area contributed by atoms with Gasteiger partial charge >= 0.3 is 0 Å². The van der Waals surface area contributed by atoms with E-state index in [9.17, 15) is 4.79 Å². The molecule has 0 aliphatic carbocycles. The smallest absolute Gasteiger partial charge is 0.193 e. The van der Waals surface area contributed by atoms with Gasteiger partial charge in [-0.1, -0.05) is 51.1 Å². The molecule has 1 rings (SSSR count). The van der Waals surface area contributed by atoms with Gasteiger partial charge in [0.2, 0.25) is 0 Å². The summed E-state index contributed by atoms with van der Waals surface area (Å²) in [4.78, 5) is 11.2. The van der Waals surface area contributed by atoms with Gasteiger partial charge in [0.05, 0.1) is 0 Å². The zero-order chi connectivity index (χ0) is 13.1. The molecular formula is C14H22O2Si. The first kappa shape index (κ1) is 14.1. The van der Waals surface area contributed by atoms with Gasteiger partial charge in [0.1, 0.15) is 6.10 Å². The maximum atomic E-state index is 11.2. The van der Waals surface area contributed by atoms with Crippen LogP contribution in [0.2, 0.25) is 18.1 Å². The molecule has 0 bridgehead atoms. The maximum absolute atomic E-state index is 11.2. The lowest BCUT2D eigenvalue weighted by molar-refractivity contribution is -0.114. The first-order chi connectivity index (χ1) is 7.78. The molecule has 0 unspecified atom stereocenters. The number of benzene rings is 1.